The molecule has 0 aliphatic carbocycles. The van der Waals surface area contributed by atoms with E-state index >= 15 is 0 Å². The quantitative estimate of drug-likeness (QED) is 0.755. The van der Waals surface area contributed by atoms with Crippen LogP contribution in [0, 0.1) is 0 Å². The summed E-state index contributed by atoms with van der Waals surface area (Å²) in [6, 6.07) is 14.7. The van der Waals surface area contributed by atoms with Crippen molar-refractivity contribution in [3.05, 3.63) is 72.2 Å². The lowest BCUT2D eigenvalue weighted by molar-refractivity contribution is 0.324. The number of rotatable bonds is 4. The van der Waals surface area contributed by atoms with Crippen molar-refractivity contribution in [2.24, 2.45) is 5.73 Å². The second-order valence-electron chi connectivity index (χ2n) is 6.39. The highest BCUT2D eigenvalue weighted by Gasteiger charge is 2.31. The minimum absolute atomic E-state index is 0. The number of hydrogen-bond donors (Lipinski definition) is 2. The smallest absolute Gasteiger partial charge is 0.0710 e. The van der Waals surface area contributed by atoms with E-state index in [4.69, 9.17) is 5.73 Å². The highest BCUT2D eigenvalue weighted by Crippen LogP contribution is 2.29. The van der Waals surface area contributed by atoms with Crippen LogP contribution in [0.3, 0.4) is 0 Å². The van der Waals surface area contributed by atoms with Crippen LogP contribution in [-0.2, 0) is 6.54 Å². The maximum Gasteiger partial charge on any atom is 0.0710 e. The summed E-state index contributed by atoms with van der Waals surface area (Å²) in [5.74, 6) is 0.389. The Morgan fingerprint density at radius 1 is 1.08 bits per heavy atom. The number of pyridine rings is 1. The highest BCUT2D eigenvalue weighted by molar-refractivity contribution is 5.85. The number of likely N-dealkylation sites (tertiary alicyclic amines) is 1. The number of nitrogens with zero attached hydrogens (tertiary/aromatic N) is 3. The average molecular weight is 356 g/mol. The van der Waals surface area contributed by atoms with Crippen LogP contribution in [0.5, 0.6) is 0 Å². The molecule has 1 aromatic carbocycles. The van der Waals surface area contributed by atoms with Crippen LogP contribution >= 0.6 is 12.4 Å². The van der Waals surface area contributed by atoms with Gasteiger partial charge in [0.15, 0.2) is 0 Å². The molecule has 0 saturated carbocycles. The molecule has 5 nitrogen and oxygen atoms in total. The molecule has 0 bridgehead atoms. The molecule has 25 heavy (non-hydrogen) atoms. The van der Waals surface area contributed by atoms with E-state index in [1.54, 1.807) is 6.20 Å². The van der Waals surface area contributed by atoms with E-state index in [-0.39, 0.29) is 18.4 Å². The normalized spacial score (nSPS) is 20.4. The van der Waals surface area contributed by atoms with Crippen LogP contribution in [0.4, 0.5) is 0 Å². The molecule has 0 spiro atoms. The minimum Gasteiger partial charge on any atom is -0.326 e. The largest absolute Gasteiger partial charge is 0.326 e. The summed E-state index contributed by atoms with van der Waals surface area (Å²) in [6.45, 7) is 2.72. The van der Waals surface area contributed by atoms with E-state index in [0.29, 0.717) is 5.92 Å². The molecule has 130 valence electrons. The fourth-order valence-electron chi connectivity index (χ4n) is 3.53. The third-order valence-electron chi connectivity index (χ3n) is 4.73. The maximum absolute atomic E-state index is 6.40. The van der Waals surface area contributed by atoms with Crippen molar-refractivity contribution >= 4 is 12.4 Å². The van der Waals surface area contributed by atoms with E-state index in [1.807, 2.05) is 30.6 Å². The lowest BCUT2D eigenvalue weighted by atomic mass is 9.95. The Labute approximate surface area is 153 Å². The molecule has 1 saturated heterocycles. The fourth-order valence-corrected chi connectivity index (χ4v) is 3.53. The van der Waals surface area contributed by atoms with Crippen molar-refractivity contribution < 1.29 is 0 Å². The van der Waals surface area contributed by atoms with Crippen molar-refractivity contribution in [2.45, 2.75) is 18.5 Å². The topological polar surface area (TPSA) is 70.8 Å². The van der Waals surface area contributed by atoms with Crippen LogP contribution in [0.25, 0.3) is 11.3 Å². The van der Waals surface area contributed by atoms with E-state index in [0.717, 1.165) is 30.9 Å². The molecule has 0 unspecified atom stereocenters. The van der Waals surface area contributed by atoms with Crippen LogP contribution < -0.4 is 5.73 Å². The van der Waals surface area contributed by atoms with E-state index in [9.17, 15) is 0 Å². The summed E-state index contributed by atoms with van der Waals surface area (Å²) >= 11 is 0. The first-order valence-corrected chi connectivity index (χ1v) is 8.27. The standard InChI is InChI=1S/C19H21N5.ClH/c20-18-13-24(12-17(18)14-5-2-1-3-6-14)11-16-10-22-23-19(16)15-7-4-8-21-9-15;/h1-10,17-18H,11-13,20H2,(H,22,23);1H/t17-,18+;/m0./s1. The molecule has 1 fully saturated rings. The van der Waals surface area contributed by atoms with Gasteiger partial charge in [0.25, 0.3) is 0 Å². The van der Waals surface area contributed by atoms with Gasteiger partial charge in [-0.3, -0.25) is 15.0 Å². The Morgan fingerprint density at radius 3 is 2.68 bits per heavy atom. The monoisotopic (exact) mass is 355 g/mol. The number of benzene rings is 1. The van der Waals surface area contributed by atoms with Gasteiger partial charge >= 0.3 is 0 Å². The molecule has 2 atom stereocenters. The number of aromatic nitrogens is 3. The van der Waals surface area contributed by atoms with Crippen molar-refractivity contribution in [1.82, 2.24) is 20.1 Å². The second kappa shape index (κ2) is 7.78. The van der Waals surface area contributed by atoms with Gasteiger partial charge < -0.3 is 5.73 Å². The Kier molecular flexibility index (Phi) is 5.48. The molecule has 4 rings (SSSR count). The molecule has 3 heterocycles. The Hall–Kier alpha value is -2.21. The lowest BCUT2D eigenvalue weighted by Crippen LogP contribution is -2.28. The molecule has 0 amide bonds. The number of nitrogens with one attached hydrogen (secondary N) is 1. The minimum atomic E-state index is 0. The molecule has 3 N–H and O–H groups in total. The van der Waals surface area contributed by atoms with Crippen molar-refractivity contribution in [1.29, 1.82) is 0 Å². The van der Waals surface area contributed by atoms with Gasteiger partial charge in [-0.05, 0) is 17.7 Å². The van der Waals surface area contributed by atoms with Crippen LogP contribution in [-0.4, -0.2) is 39.2 Å². The molecule has 1 aliphatic heterocycles. The summed E-state index contributed by atoms with van der Waals surface area (Å²) in [5, 5.41) is 7.33. The number of aromatic amines is 1. The predicted octanol–water partition coefficient (Wildman–Crippen LogP) is 2.82. The van der Waals surface area contributed by atoms with Crippen LogP contribution in [0.15, 0.2) is 61.1 Å². The van der Waals surface area contributed by atoms with E-state index in [2.05, 4.69) is 44.3 Å². The maximum atomic E-state index is 6.40. The Bertz CT molecular complexity index is 790. The van der Waals surface area contributed by atoms with Crippen molar-refractivity contribution in [3.8, 4) is 11.3 Å². The van der Waals surface area contributed by atoms with Gasteiger partial charge in [-0.25, -0.2) is 0 Å². The third-order valence-corrected chi connectivity index (χ3v) is 4.73. The summed E-state index contributed by atoms with van der Waals surface area (Å²) in [6.07, 6.45) is 5.55. The summed E-state index contributed by atoms with van der Waals surface area (Å²) in [5.41, 5.74) is 11.0. The Balaban J connectivity index is 0.00000182. The van der Waals surface area contributed by atoms with Gasteiger partial charge in [-0.2, -0.15) is 5.10 Å². The summed E-state index contributed by atoms with van der Waals surface area (Å²) < 4.78 is 0. The van der Waals surface area contributed by atoms with E-state index < -0.39 is 0 Å². The molecule has 0 radical (unpaired) electrons. The van der Waals surface area contributed by atoms with Gasteiger partial charge in [0, 0.05) is 55.1 Å². The zero-order valence-electron chi connectivity index (χ0n) is 13.9. The molecule has 6 heteroatoms. The van der Waals surface area contributed by atoms with Gasteiger partial charge in [0.05, 0.1) is 11.9 Å². The third kappa shape index (κ3) is 3.74. The summed E-state index contributed by atoms with van der Waals surface area (Å²) in [4.78, 5) is 6.61. The number of hydrogen-bond acceptors (Lipinski definition) is 4. The zero-order valence-corrected chi connectivity index (χ0v) is 14.7. The first-order valence-electron chi connectivity index (χ1n) is 8.27. The Morgan fingerprint density at radius 2 is 1.92 bits per heavy atom. The predicted molar refractivity (Wildman–Crippen MR) is 102 cm³/mol. The average Bonchev–Trinajstić information content (AvgIpc) is 3.23. The van der Waals surface area contributed by atoms with Gasteiger partial charge in [-0.1, -0.05) is 30.3 Å². The lowest BCUT2D eigenvalue weighted by Gasteiger charge is -2.16. The molecule has 2 aromatic heterocycles. The van der Waals surface area contributed by atoms with E-state index in [1.165, 1.54) is 11.1 Å². The zero-order chi connectivity index (χ0) is 16.4. The number of H-pyrrole nitrogens is 1. The van der Waals surface area contributed by atoms with Crippen molar-refractivity contribution in [3.63, 3.8) is 0 Å². The van der Waals surface area contributed by atoms with Crippen LogP contribution in [0.1, 0.15) is 17.0 Å². The summed E-state index contributed by atoms with van der Waals surface area (Å²) in [7, 11) is 0. The molecule has 1 aliphatic rings. The molecular weight excluding hydrogens is 334 g/mol. The number of halogens is 1. The molecule has 3 aromatic rings. The first-order chi connectivity index (χ1) is 11.8. The molecular formula is C19H22ClN5. The van der Waals surface area contributed by atoms with Gasteiger partial charge in [-0.15, -0.1) is 12.4 Å². The van der Waals surface area contributed by atoms with Crippen molar-refractivity contribution in [2.75, 3.05) is 13.1 Å². The van der Waals surface area contributed by atoms with Gasteiger partial charge in [0.2, 0.25) is 0 Å². The number of nitrogens with two attached hydrogens (primary N) is 1. The first kappa shape index (κ1) is 17.6. The second-order valence-corrected chi connectivity index (χ2v) is 6.39. The SMILES string of the molecule is Cl.N[C@@H]1CN(Cc2cn[nH]c2-c2cccnc2)C[C@H]1c1ccccc1. The fraction of sp³-hybridized carbons (Fsp3) is 0.263. The highest BCUT2D eigenvalue weighted by atomic mass is 35.5. The van der Waals surface area contributed by atoms with Gasteiger partial charge in [0.1, 0.15) is 0 Å². The van der Waals surface area contributed by atoms with Crippen LogP contribution in [0.2, 0.25) is 0 Å².